The summed E-state index contributed by atoms with van der Waals surface area (Å²) < 4.78 is 5.21. The van der Waals surface area contributed by atoms with E-state index in [4.69, 9.17) is 4.74 Å². The Balaban J connectivity index is 2.41. The van der Waals surface area contributed by atoms with Crippen molar-refractivity contribution in [2.75, 3.05) is 13.2 Å². The summed E-state index contributed by atoms with van der Waals surface area (Å²) in [6.07, 6.45) is 6.83. The Morgan fingerprint density at radius 3 is 2.68 bits per heavy atom. The second-order valence-corrected chi connectivity index (χ2v) is 5.50. The van der Waals surface area contributed by atoms with Crippen LogP contribution in [0.5, 0.6) is 0 Å². The minimum atomic E-state index is -0.705. The maximum atomic E-state index is 11.9. The van der Waals surface area contributed by atoms with Crippen LogP contribution in [0.1, 0.15) is 58.8 Å². The Hall–Kier alpha value is -1.08. The first-order valence-electron chi connectivity index (χ1n) is 7.42. The Morgan fingerprint density at radius 2 is 2.11 bits per heavy atom. The molecule has 0 saturated heterocycles. The van der Waals surface area contributed by atoms with Crippen molar-refractivity contribution in [3.63, 3.8) is 0 Å². The lowest BCUT2D eigenvalue weighted by atomic mass is 9.76. The maximum Gasteiger partial charge on any atom is 0.221 e. The zero-order chi connectivity index (χ0) is 14.1. The van der Waals surface area contributed by atoms with E-state index in [9.17, 15) is 10.1 Å². The van der Waals surface area contributed by atoms with Gasteiger partial charge in [0, 0.05) is 19.6 Å². The lowest BCUT2D eigenvalue weighted by Gasteiger charge is -2.35. The molecule has 0 spiro atoms. The summed E-state index contributed by atoms with van der Waals surface area (Å²) in [7, 11) is 0. The van der Waals surface area contributed by atoms with E-state index in [1.807, 2.05) is 13.8 Å². The normalized spacial score (nSPS) is 19.4. The van der Waals surface area contributed by atoms with Crippen LogP contribution in [0.3, 0.4) is 0 Å². The highest BCUT2D eigenvalue weighted by Crippen LogP contribution is 2.32. The number of amides is 1. The van der Waals surface area contributed by atoms with Gasteiger partial charge < -0.3 is 10.1 Å². The molecule has 1 saturated carbocycles. The Morgan fingerprint density at radius 1 is 1.42 bits per heavy atom. The quantitative estimate of drug-likeness (QED) is 0.721. The van der Waals surface area contributed by atoms with Gasteiger partial charge in [-0.2, -0.15) is 5.26 Å². The van der Waals surface area contributed by atoms with Crippen molar-refractivity contribution >= 4 is 5.91 Å². The van der Waals surface area contributed by atoms with E-state index in [0.29, 0.717) is 32.0 Å². The molecule has 1 rings (SSSR count). The molecule has 1 N–H and O–H groups in total. The lowest BCUT2D eigenvalue weighted by molar-refractivity contribution is -0.123. The zero-order valence-electron chi connectivity index (χ0n) is 12.2. The summed E-state index contributed by atoms with van der Waals surface area (Å²) >= 11 is 0. The third kappa shape index (κ3) is 5.20. The molecule has 0 aliphatic heterocycles. The van der Waals surface area contributed by atoms with Gasteiger partial charge in [-0.3, -0.25) is 4.79 Å². The first-order chi connectivity index (χ1) is 9.12. The van der Waals surface area contributed by atoms with E-state index >= 15 is 0 Å². The first-order valence-corrected chi connectivity index (χ1v) is 7.42. The molecule has 0 aromatic heterocycles. The molecule has 0 radical (unpaired) electrons. The van der Waals surface area contributed by atoms with Gasteiger partial charge in [0.25, 0.3) is 0 Å². The molecule has 1 atom stereocenters. The standard InChI is InChI=1S/C15H26N2O2/c1-3-19-11-7-10-14(18)17-15(2,12-16)13-8-5-4-6-9-13/h13H,3-11H2,1-2H3,(H,17,18). The van der Waals surface area contributed by atoms with Crippen LogP contribution >= 0.6 is 0 Å². The van der Waals surface area contributed by atoms with Gasteiger partial charge in [-0.15, -0.1) is 0 Å². The molecule has 4 nitrogen and oxygen atoms in total. The van der Waals surface area contributed by atoms with Gasteiger partial charge in [0.2, 0.25) is 5.91 Å². The molecule has 1 fully saturated rings. The molecule has 0 aromatic carbocycles. The molecular weight excluding hydrogens is 240 g/mol. The summed E-state index contributed by atoms with van der Waals surface area (Å²) in [5, 5.41) is 12.3. The Kier molecular flexibility index (Phi) is 6.86. The van der Waals surface area contributed by atoms with E-state index in [1.54, 1.807) is 0 Å². The topological polar surface area (TPSA) is 62.1 Å². The van der Waals surface area contributed by atoms with Crippen molar-refractivity contribution < 1.29 is 9.53 Å². The van der Waals surface area contributed by atoms with Crippen LogP contribution in [0.25, 0.3) is 0 Å². The predicted octanol–water partition coefficient (Wildman–Crippen LogP) is 2.78. The second-order valence-electron chi connectivity index (χ2n) is 5.50. The van der Waals surface area contributed by atoms with E-state index in [-0.39, 0.29) is 5.91 Å². The molecule has 0 heterocycles. The highest BCUT2D eigenvalue weighted by atomic mass is 16.5. The molecule has 0 bridgehead atoms. The molecule has 0 aromatic rings. The van der Waals surface area contributed by atoms with Gasteiger partial charge >= 0.3 is 0 Å². The van der Waals surface area contributed by atoms with E-state index < -0.39 is 5.54 Å². The Bertz CT molecular complexity index is 319. The SMILES string of the molecule is CCOCCCC(=O)NC(C)(C#N)C1CCCCC1. The van der Waals surface area contributed by atoms with E-state index in [0.717, 1.165) is 12.8 Å². The monoisotopic (exact) mass is 266 g/mol. The molecule has 108 valence electrons. The van der Waals surface area contributed by atoms with Crippen molar-refractivity contribution in [2.24, 2.45) is 5.92 Å². The van der Waals surface area contributed by atoms with Gasteiger partial charge in [-0.1, -0.05) is 19.3 Å². The number of hydrogen-bond donors (Lipinski definition) is 1. The summed E-state index contributed by atoms with van der Waals surface area (Å²) in [4.78, 5) is 11.9. The van der Waals surface area contributed by atoms with Gasteiger partial charge in [0.15, 0.2) is 0 Å². The maximum absolute atomic E-state index is 11.9. The number of hydrogen-bond acceptors (Lipinski definition) is 3. The van der Waals surface area contributed by atoms with Crippen molar-refractivity contribution in [2.45, 2.75) is 64.3 Å². The van der Waals surface area contributed by atoms with Crippen LogP contribution in [0.15, 0.2) is 0 Å². The summed E-state index contributed by atoms with van der Waals surface area (Å²) in [5.41, 5.74) is -0.705. The van der Waals surface area contributed by atoms with Gasteiger partial charge in [-0.25, -0.2) is 0 Å². The lowest BCUT2D eigenvalue weighted by Crippen LogP contribution is -2.51. The minimum absolute atomic E-state index is 0.0330. The molecule has 1 unspecified atom stereocenters. The number of rotatable bonds is 7. The van der Waals surface area contributed by atoms with Crippen LogP contribution in [0, 0.1) is 17.2 Å². The van der Waals surface area contributed by atoms with Gasteiger partial charge in [0.05, 0.1) is 6.07 Å². The van der Waals surface area contributed by atoms with Crippen LogP contribution in [-0.4, -0.2) is 24.7 Å². The van der Waals surface area contributed by atoms with Gasteiger partial charge in [0.1, 0.15) is 5.54 Å². The van der Waals surface area contributed by atoms with Crippen LogP contribution < -0.4 is 5.32 Å². The summed E-state index contributed by atoms with van der Waals surface area (Å²) in [6, 6.07) is 2.32. The summed E-state index contributed by atoms with van der Waals surface area (Å²) in [5.74, 6) is 0.261. The number of nitriles is 1. The molecule has 1 aliphatic carbocycles. The first kappa shape index (κ1) is 16.0. The number of carbonyl (C=O) groups is 1. The highest BCUT2D eigenvalue weighted by Gasteiger charge is 2.36. The minimum Gasteiger partial charge on any atom is -0.382 e. The van der Waals surface area contributed by atoms with Crippen molar-refractivity contribution in [1.82, 2.24) is 5.32 Å². The third-order valence-electron chi connectivity index (χ3n) is 3.95. The fraction of sp³-hybridized carbons (Fsp3) is 0.867. The fourth-order valence-electron chi connectivity index (χ4n) is 2.73. The number of nitrogens with zero attached hydrogens (tertiary/aromatic N) is 1. The predicted molar refractivity (Wildman–Crippen MR) is 74.5 cm³/mol. The molecule has 1 amide bonds. The molecule has 1 aliphatic rings. The summed E-state index contributed by atoms with van der Waals surface area (Å²) in [6.45, 7) is 5.09. The highest BCUT2D eigenvalue weighted by molar-refractivity contribution is 5.77. The average Bonchev–Trinajstić information content (AvgIpc) is 2.44. The fourth-order valence-corrected chi connectivity index (χ4v) is 2.73. The van der Waals surface area contributed by atoms with Crippen LogP contribution in [0.4, 0.5) is 0 Å². The third-order valence-corrected chi connectivity index (χ3v) is 3.95. The largest absolute Gasteiger partial charge is 0.382 e. The van der Waals surface area contributed by atoms with Gasteiger partial charge in [-0.05, 0) is 39.0 Å². The smallest absolute Gasteiger partial charge is 0.221 e. The number of ether oxygens (including phenoxy) is 1. The Labute approximate surface area is 116 Å². The van der Waals surface area contributed by atoms with Crippen molar-refractivity contribution in [3.05, 3.63) is 0 Å². The molecular formula is C15H26N2O2. The number of carbonyl (C=O) groups excluding carboxylic acids is 1. The molecule has 19 heavy (non-hydrogen) atoms. The molecule has 4 heteroatoms. The van der Waals surface area contributed by atoms with Crippen LogP contribution in [0.2, 0.25) is 0 Å². The average molecular weight is 266 g/mol. The van der Waals surface area contributed by atoms with E-state index in [1.165, 1.54) is 19.3 Å². The van der Waals surface area contributed by atoms with Crippen molar-refractivity contribution in [3.8, 4) is 6.07 Å². The zero-order valence-corrected chi connectivity index (χ0v) is 12.2. The second kappa shape index (κ2) is 8.16. The number of nitrogens with one attached hydrogen (secondary N) is 1. The van der Waals surface area contributed by atoms with Crippen LogP contribution in [-0.2, 0) is 9.53 Å². The van der Waals surface area contributed by atoms with Crippen molar-refractivity contribution in [1.29, 1.82) is 5.26 Å². The van der Waals surface area contributed by atoms with E-state index in [2.05, 4.69) is 11.4 Å².